The Bertz CT molecular complexity index is 546. The van der Waals surface area contributed by atoms with Crippen molar-refractivity contribution in [2.24, 2.45) is 0 Å². The molecule has 100 valence electrons. The van der Waals surface area contributed by atoms with Gasteiger partial charge in [-0.2, -0.15) is 0 Å². The van der Waals surface area contributed by atoms with Gasteiger partial charge in [0, 0.05) is 29.0 Å². The molecule has 1 aromatic carbocycles. The molecule has 0 aliphatic heterocycles. The highest BCUT2D eigenvalue weighted by atomic mass is 79.9. The van der Waals surface area contributed by atoms with Crippen molar-refractivity contribution >= 4 is 47.8 Å². The molecular weight excluding hydrogens is 388 g/mol. The first-order valence-electron chi connectivity index (χ1n) is 5.02. The highest BCUT2D eigenvalue weighted by Crippen LogP contribution is 2.25. The Morgan fingerprint density at radius 1 is 1.33 bits per heavy atom. The van der Waals surface area contributed by atoms with Crippen molar-refractivity contribution in [2.45, 2.75) is 11.3 Å². The molecule has 0 aromatic heterocycles. The summed E-state index contributed by atoms with van der Waals surface area (Å²) in [6, 6.07) is 4.86. The van der Waals surface area contributed by atoms with Crippen LogP contribution < -0.4 is 10.0 Å². The molecular formula is C10H12Br2N2O3S. The third kappa shape index (κ3) is 4.34. The zero-order valence-corrected chi connectivity index (χ0v) is 13.5. The van der Waals surface area contributed by atoms with E-state index < -0.39 is 10.0 Å². The Labute approximate surface area is 123 Å². The number of hydrogen-bond acceptors (Lipinski definition) is 3. The predicted octanol–water partition coefficient (Wildman–Crippen LogP) is 1.63. The zero-order chi connectivity index (χ0) is 13.8. The Hall–Kier alpha value is -0.440. The second kappa shape index (κ2) is 6.65. The van der Waals surface area contributed by atoms with Crippen LogP contribution in [0.3, 0.4) is 0 Å². The van der Waals surface area contributed by atoms with E-state index in [1.165, 1.54) is 13.1 Å². The molecule has 0 radical (unpaired) electrons. The highest BCUT2D eigenvalue weighted by molar-refractivity contribution is 9.11. The molecule has 1 rings (SSSR count). The molecule has 0 saturated heterocycles. The monoisotopic (exact) mass is 398 g/mol. The molecule has 0 heterocycles. The average Bonchev–Trinajstić information content (AvgIpc) is 2.31. The number of sulfonamides is 1. The summed E-state index contributed by atoms with van der Waals surface area (Å²) in [6.45, 7) is 0.0565. The SMILES string of the molecule is CNC(=O)CCNS(=O)(=O)c1cc(Br)ccc1Br. The van der Waals surface area contributed by atoms with Crippen molar-refractivity contribution in [2.75, 3.05) is 13.6 Å². The van der Waals surface area contributed by atoms with E-state index in [4.69, 9.17) is 0 Å². The highest BCUT2D eigenvalue weighted by Gasteiger charge is 2.17. The van der Waals surface area contributed by atoms with E-state index in [9.17, 15) is 13.2 Å². The Morgan fingerprint density at radius 2 is 2.00 bits per heavy atom. The van der Waals surface area contributed by atoms with Gasteiger partial charge in [0.2, 0.25) is 15.9 Å². The van der Waals surface area contributed by atoms with Crippen LogP contribution in [0.25, 0.3) is 0 Å². The molecule has 1 aromatic rings. The standard InChI is InChI=1S/C10H12Br2N2O3S/c1-13-10(15)4-5-14-18(16,17)9-6-7(11)2-3-8(9)12/h2-3,6,14H,4-5H2,1H3,(H,13,15). The molecule has 2 N–H and O–H groups in total. The number of hydrogen-bond donors (Lipinski definition) is 2. The number of amides is 1. The molecule has 5 nitrogen and oxygen atoms in total. The normalized spacial score (nSPS) is 11.3. The second-order valence-electron chi connectivity index (χ2n) is 3.40. The van der Waals surface area contributed by atoms with Crippen LogP contribution in [0.2, 0.25) is 0 Å². The smallest absolute Gasteiger partial charge is 0.241 e. The summed E-state index contributed by atoms with van der Waals surface area (Å²) in [7, 11) is -2.12. The molecule has 18 heavy (non-hydrogen) atoms. The predicted molar refractivity (Wildman–Crippen MR) is 75.7 cm³/mol. The third-order valence-electron chi connectivity index (χ3n) is 2.11. The fourth-order valence-corrected chi connectivity index (χ4v) is 3.72. The summed E-state index contributed by atoms with van der Waals surface area (Å²) < 4.78 is 27.5. The molecule has 0 saturated carbocycles. The van der Waals surface area contributed by atoms with E-state index in [1.54, 1.807) is 12.1 Å². The van der Waals surface area contributed by atoms with Crippen LogP contribution in [0.1, 0.15) is 6.42 Å². The first-order chi connectivity index (χ1) is 8.36. The molecule has 0 aliphatic carbocycles. The van der Waals surface area contributed by atoms with Gasteiger partial charge in [0.1, 0.15) is 0 Å². The van der Waals surface area contributed by atoms with Gasteiger partial charge in [-0.05, 0) is 34.1 Å². The van der Waals surface area contributed by atoms with Gasteiger partial charge in [-0.3, -0.25) is 4.79 Å². The second-order valence-corrected chi connectivity index (χ2v) is 6.90. The number of benzene rings is 1. The summed E-state index contributed by atoms with van der Waals surface area (Å²) in [5.41, 5.74) is 0. The van der Waals surface area contributed by atoms with Crippen molar-refractivity contribution in [3.63, 3.8) is 0 Å². The van der Waals surface area contributed by atoms with Gasteiger partial charge in [0.25, 0.3) is 0 Å². The summed E-state index contributed by atoms with van der Waals surface area (Å²) in [6.07, 6.45) is 0.0986. The molecule has 8 heteroatoms. The van der Waals surface area contributed by atoms with E-state index in [-0.39, 0.29) is 23.8 Å². The largest absolute Gasteiger partial charge is 0.359 e. The fourth-order valence-electron chi connectivity index (χ4n) is 1.18. The van der Waals surface area contributed by atoms with Crippen molar-refractivity contribution in [1.29, 1.82) is 0 Å². The summed E-state index contributed by atoms with van der Waals surface area (Å²) in [5.74, 6) is -0.217. The molecule has 0 unspecified atom stereocenters. The average molecular weight is 400 g/mol. The van der Waals surface area contributed by atoms with Crippen LogP contribution in [0.5, 0.6) is 0 Å². The lowest BCUT2D eigenvalue weighted by Crippen LogP contribution is -2.29. The minimum atomic E-state index is -3.62. The summed E-state index contributed by atoms with van der Waals surface area (Å²) in [5, 5.41) is 2.42. The van der Waals surface area contributed by atoms with Gasteiger partial charge in [-0.15, -0.1) is 0 Å². The van der Waals surface area contributed by atoms with Crippen LogP contribution in [-0.4, -0.2) is 27.9 Å². The maximum atomic E-state index is 12.0. The van der Waals surface area contributed by atoms with Gasteiger partial charge in [0.05, 0.1) is 4.90 Å². The van der Waals surface area contributed by atoms with Crippen LogP contribution >= 0.6 is 31.9 Å². The summed E-state index contributed by atoms with van der Waals surface area (Å²) >= 11 is 6.40. The van der Waals surface area contributed by atoms with Crippen molar-refractivity contribution in [3.8, 4) is 0 Å². The first kappa shape index (κ1) is 15.6. The van der Waals surface area contributed by atoms with Crippen LogP contribution in [-0.2, 0) is 14.8 Å². The Balaban J connectivity index is 2.80. The molecule has 1 amide bonds. The van der Waals surface area contributed by atoms with E-state index in [0.29, 0.717) is 8.95 Å². The maximum absolute atomic E-state index is 12.0. The van der Waals surface area contributed by atoms with Crippen molar-refractivity contribution in [3.05, 3.63) is 27.1 Å². The number of carbonyl (C=O) groups excluding carboxylic acids is 1. The molecule has 0 fully saturated rings. The molecule has 0 bridgehead atoms. The van der Waals surface area contributed by atoms with E-state index in [0.717, 1.165) is 0 Å². The maximum Gasteiger partial charge on any atom is 0.241 e. The lowest BCUT2D eigenvalue weighted by Gasteiger charge is -2.08. The van der Waals surface area contributed by atoms with E-state index in [2.05, 4.69) is 41.9 Å². The van der Waals surface area contributed by atoms with Gasteiger partial charge in [-0.25, -0.2) is 13.1 Å². The van der Waals surface area contributed by atoms with Crippen molar-refractivity contribution < 1.29 is 13.2 Å². The Kier molecular flexibility index (Phi) is 5.77. The number of halogens is 2. The van der Waals surface area contributed by atoms with E-state index in [1.807, 2.05) is 0 Å². The van der Waals surface area contributed by atoms with Crippen molar-refractivity contribution in [1.82, 2.24) is 10.0 Å². The topological polar surface area (TPSA) is 75.3 Å². The number of rotatable bonds is 5. The first-order valence-corrected chi connectivity index (χ1v) is 8.09. The van der Waals surface area contributed by atoms with Crippen LogP contribution in [0.15, 0.2) is 32.0 Å². The van der Waals surface area contributed by atoms with E-state index >= 15 is 0 Å². The van der Waals surface area contributed by atoms with Gasteiger partial charge < -0.3 is 5.32 Å². The number of carbonyl (C=O) groups is 1. The summed E-state index contributed by atoms with van der Waals surface area (Å²) in [4.78, 5) is 11.1. The van der Waals surface area contributed by atoms with Gasteiger partial charge in [0.15, 0.2) is 0 Å². The zero-order valence-electron chi connectivity index (χ0n) is 9.54. The molecule has 0 aliphatic rings. The third-order valence-corrected chi connectivity index (χ3v) is 5.05. The molecule has 0 spiro atoms. The van der Waals surface area contributed by atoms with Crippen LogP contribution in [0, 0.1) is 0 Å². The quantitative estimate of drug-likeness (QED) is 0.789. The molecule has 0 atom stereocenters. The lowest BCUT2D eigenvalue weighted by atomic mass is 10.4. The minimum Gasteiger partial charge on any atom is -0.359 e. The van der Waals surface area contributed by atoms with Gasteiger partial charge >= 0.3 is 0 Å². The Morgan fingerprint density at radius 3 is 2.61 bits per heavy atom. The van der Waals surface area contributed by atoms with Gasteiger partial charge in [-0.1, -0.05) is 15.9 Å². The fraction of sp³-hybridized carbons (Fsp3) is 0.300. The lowest BCUT2D eigenvalue weighted by molar-refractivity contribution is -0.120. The minimum absolute atomic E-state index is 0.0565. The number of nitrogens with one attached hydrogen (secondary N) is 2. The van der Waals surface area contributed by atoms with Crippen LogP contribution in [0.4, 0.5) is 0 Å².